The molecule has 1 aromatic rings. The highest BCUT2D eigenvalue weighted by Crippen LogP contribution is 2.20. The normalized spacial score (nSPS) is 16.8. The first kappa shape index (κ1) is 18.3. The molecule has 2 nitrogen and oxygen atoms in total. The van der Waals surface area contributed by atoms with Crippen LogP contribution in [0.1, 0.15) is 25.3 Å². The van der Waals surface area contributed by atoms with Gasteiger partial charge in [-0.05, 0) is 62.6 Å². The number of hydrogen-bond donors (Lipinski definition) is 1. The van der Waals surface area contributed by atoms with E-state index in [0.717, 1.165) is 51.2 Å². The quantitative estimate of drug-likeness (QED) is 0.836. The average Bonchev–Trinajstić information content (AvgIpc) is 2.44. The van der Waals surface area contributed by atoms with Crippen LogP contribution in [0, 0.1) is 23.4 Å². The molecule has 0 bridgehead atoms. The lowest BCUT2D eigenvalue weighted by Crippen LogP contribution is -2.36. The molecule has 1 heterocycles. The lowest BCUT2D eigenvalue weighted by atomic mass is 9.96. The van der Waals surface area contributed by atoms with Crippen molar-refractivity contribution in [2.75, 3.05) is 26.2 Å². The van der Waals surface area contributed by atoms with E-state index in [9.17, 15) is 13.2 Å². The number of nitrogens with one attached hydrogen (secondary N) is 1. The Balaban J connectivity index is 0.00000220. The van der Waals surface area contributed by atoms with Crippen LogP contribution in [0.3, 0.4) is 0 Å². The average molecular weight is 323 g/mol. The Hall–Kier alpha value is -0.780. The molecule has 1 N–H and O–H groups in total. The van der Waals surface area contributed by atoms with Crippen molar-refractivity contribution in [1.29, 1.82) is 0 Å². The van der Waals surface area contributed by atoms with Crippen molar-refractivity contribution in [3.63, 3.8) is 0 Å². The summed E-state index contributed by atoms with van der Waals surface area (Å²) in [6.45, 7) is 6.40. The van der Waals surface area contributed by atoms with Gasteiger partial charge in [0.25, 0.3) is 0 Å². The summed E-state index contributed by atoms with van der Waals surface area (Å²) in [4.78, 5) is 2.16. The van der Waals surface area contributed by atoms with Gasteiger partial charge in [0.1, 0.15) is 0 Å². The lowest BCUT2D eigenvalue weighted by Gasteiger charge is -2.32. The van der Waals surface area contributed by atoms with Crippen LogP contribution in [0.25, 0.3) is 0 Å². The van der Waals surface area contributed by atoms with Gasteiger partial charge in [0, 0.05) is 6.54 Å². The predicted octanol–water partition coefficient (Wildman–Crippen LogP) is 3.35. The van der Waals surface area contributed by atoms with Crippen LogP contribution in [0.2, 0.25) is 0 Å². The van der Waals surface area contributed by atoms with Crippen LogP contribution in [-0.2, 0) is 6.54 Å². The van der Waals surface area contributed by atoms with Gasteiger partial charge in [-0.25, -0.2) is 13.2 Å². The highest BCUT2D eigenvalue weighted by Gasteiger charge is 2.19. The maximum absolute atomic E-state index is 13.2. The molecule has 1 aromatic carbocycles. The minimum atomic E-state index is -1.39. The number of hydrogen-bond acceptors (Lipinski definition) is 2. The molecule has 120 valence electrons. The van der Waals surface area contributed by atoms with Gasteiger partial charge in [-0.15, -0.1) is 12.4 Å². The molecule has 0 aliphatic carbocycles. The zero-order valence-corrected chi connectivity index (χ0v) is 13.0. The summed E-state index contributed by atoms with van der Waals surface area (Å²) in [6.07, 6.45) is 2.16. The third-order valence-electron chi connectivity index (χ3n) is 3.84. The van der Waals surface area contributed by atoms with Crippen molar-refractivity contribution in [3.05, 3.63) is 35.1 Å². The molecule has 21 heavy (non-hydrogen) atoms. The monoisotopic (exact) mass is 322 g/mol. The number of likely N-dealkylation sites (tertiary alicyclic amines) is 1. The molecule has 0 unspecified atom stereocenters. The topological polar surface area (TPSA) is 15.3 Å². The molecule has 1 saturated heterocycles. The van der Waals surface area contributed by atoms with Crippen LogP contribution in [-0.4, -0.2) is 31.1 Å². The van der Waals surface area contributed by atoms with Gasteiger partial charge >= 0.3 is 0 Å². The van der Waals surface area contributed by atoms with Crippen molar-refractivity contribution >= 4 is 12.4 Å². The highest BCUT2D eigenvalue weighted by atomic mass is 35.5. The smallest absolute Gasteiger partial charge is 0.194 e. The predicted molar refractivity (Wildman–Crippen MR) is 80.1 cm³/mol. The fourth-order valence-electron chi connectivity index (χ4n) is 2.65. The second-order valence-corrected chi connectivity index (χ2v) is 5.40. The minimum absolute atomic E-state index is 0. The molecular formula is C15H22ClF3N2. The first-order valence-electron chi connectivity index (χ1n) is 7.16. The van der Waals surface area contributed by atoms with E-state index in [1.54, 1.807) is 0 Å². The molecule has 1 aliphatic rings. The summed E-state index contributed by atoms with van der Waals surface area (Å²) < 4.78 is 39.2. The molecule has 0 amide bonds. The van der Waals surface area contributed by atoms with E-state index in [0.29, 0.717) is 18.0 Å². The molecule has 6 heteroatoms. The van der Waals surface area contributed by atoms with Gasteiger partial charge < -0.3 is 5.32 Å². The third kappa shape index (κ3) is 5.16. The van der Waals surface area contributed by atoms with E-state index in [4.69, 9.17) is 0 Å². The summed E-state index contributed by atoms with van der Waals surface area (Å²) in [5.74, 6) is -2.94. The minimum Gasteiger partial charge on any atom is -0.317 e. The van der Waals surface area contributed by atoms with Crippen molar-refractivity contribution in [2.45, 2.75) is 26.3 Å². The first-order chi connectivity index (χ1) is 9.60. The lowest BCUT2D eigenvalue weighted by molar-refractivity contribution is 0.175. The van der Waals surface area contributed by atoms with E-state index in [2.05, 4.69) is 17.1 Å². The summed E-state index contributed by atoms with van der Waals surface area (Å²) in [6, 6.07) is 2.17. The van der Waals surface area contributed by atoms with Gasteiger partial charge in [0.15, 0.2) is 17.5 Å². The Morgan fingerprint density at radius 2 is 1.71 bits per heavy atom. The molecule has 0 saturated carbocycles. The fourth-order valence-corrected chi connectivity index (χ4v) is 2.65. The molecule has 0 atom stereocenters. The Labute approximate surface area is 130 Å². The second-order valence-electron chi connectivity index (χ2n) is 5.40. The van der Waals surface area contributed by atoms with E-state index >= 15 is 0 Å². The SMILES string of the molecule is CCNCC1CCN(Cc2cc(F)c(F)c(F)c2)CC1.Cl. The molecule has 1 aliphatic heterocycles. The zero-order valence-electron chi connectivity index (χ0n) is 12.2. The van der Waals surface area contributed by atoms with Crippen LogP contribution in [0.15, 0.2) is 12.1 Å². The summed E-state index contributed by atoms with van der Waals surface area (Å²) in [7, 11) is 0. The van der Waals surface area contributed by atoms with E-state index in [1.165, 1.54) is 0 Å². The maximum Gasteiger partial charge on any atom is 0.194 e. The van der Waals surface area contributed by atoms with Gasteiger partial charge in [0.05, 0.1) is 0 Å². The zero-order chi connectivity index (χ0) is 14.5. The van der Waals surface area contributed by atoms with Crippen molar-refractivity contribution in [2.24, 2.45) is 5.92 Å². The maximum atomic E-state index is 13.2. The van der Waals surface area contributed by atoms with Crippen molar-refractivity contribution in [3.8, 4) is 0 Å². The van der Waals surface area contributed by atoms with E-state index in [1.807, 2.05) is 0 Å². The first-order valence-corrected chi connectivity index (χ1v) is 7.16. The summed E-state index contributed by atoms with van der Waals surface area (Å²) in [5, 5.41) is 3.34. The summed E-state index contributed by atoms with van der Waals surface area (Å²) in [5.41, 5.74) is 0.492. The largest absolute Gasteiger partial charge is 0.317 e. The summed E-state index contributed by atoms with van der Waals surface area (Å²) >= 11 is 0. The third-order valence-corrected chi connectivity index (χ3v) is 3.84. The number of nitrogens with zero attached hydrogens (tertiary/aromatic N) is 1. The van der Waals surface area contributed by atoms with E-state index < -0.39 is 17.5 Å². The molecule has 0 radical (unpaired) electrons. The number of halogens is 4. The van der Waals surface area contributed by atoms with Crippen LogP contribution in [0.5, 0.6) is 0 Å². The van der Waals surface area contributed by atoms with Crippen LogP contribution in [0.4, 0.5) is 13.2 Å². The van der Waals surface area contributed by atoms with Crippen LogP contribution >= 0.6 is 12.4 Å². The number of rotatable bonds is 5. The number of piperidine rings is 1. The van der Waals surface area contributed by atoms with E-state index in [-0.39, 0.29) is 12.4 Å². The Bertz CT molecular complexity index is 426. The molecule has 2 rings (SSSR count). The molecular weight excluding hydrogens is 301 g/mol. The fraction of sp³-hybridized carbons (Fsp3) is 0.600. The standard InChI is InChI=1S/C15H21F3N2.ClH/c1-2-19-9-11-3-5-20(6-4-11)10-12-7-13(16)15(18)14(17)8-12;/h7-8,11,19H,2-6,9-10H2,1H3;1H. The van der Waals surface area contributed by atoms with Gasteiger partial charge in [0.2, 0.25) is 0 Å². The van der Waals surface area contributed by atoms with Crippen molar-refractivity contribution in [1.82, 2.24) is 10.2 Å². The second kappa shape index (κ2) is 8.61. The van der Waals surface area contributed by atoms with Gasteiger partial charge in [-0.2, -0.15) is 0 Å². The molecule has 0 aromatic heterocycles. The van der Waals surface area contributed by atoms with Crippen molar-refractivity contribution < 1.29 is 13.2 Å². The van der Waals surface area contributed by atoms with Gasteiger partial charge in [-0.1, -0.05) is 6.92 Å². The highest BCUT2D eigenvalue weighted by molar-refractivity contribution is 5.85. The Morgan fingerprint density at radius 1 is 1.14 bits per heavy atom. The molecule has 1 fully saturated rings. The number of benzene rings is 1. The Kier molecular flexibility index (Phi) is 7.49. The molecule has 0 spiro atoms. The van der Waals surface area contributed by atoms with Crippen LogP contribution < -0.4 is 5.32 Å². The van der Waals surface area contributed by atoms with Gasteiger partial charge in [-0.3, -0.25) is 4.90 Å². The Morgan fingerprint density at radius 3 is 2.24 bits per heavy atom.